The van der Waals surface area contributed by atoms with Crippen molar-refractivity contribution < 1.29 is 4.74 Å². The zero-order valence-electron chi connectivity index (χ0n) is 10.7. The van der Waals surface area contributed by atoms with Crippen LogP contribution in [0.3, 0.4) is 0 Å². The molecule has 0 aliphatic carbocycles. The lowest BCUT2D eigenvalue weighted by Gasteiger charge is -2.44. The van der Waals surface area contributed by atoms with Crippen LogP contribution in [0.25, 0.3) is 11.0 Å². The van der Waals surface area contributed by atoms with E-state index in [0.717, 1.165) is 56.2 Å². The van der Waals surface area contributed by atoms with Crippen LogP contribution in [0.1, 0.15) is 0 Å². The first-order chi connectivity index (χ1) is 9.42. The van der Waals surface area contributed by atoms with Gasteiger partial charge in [0.15, 0.2) is 5.82 Å². The van der Waals surface area contributed by atoms with Gasteiger partial charge in [-0.3, -0.25) is 4.90 Å². The van der Waals surface area contributed by atoms with E-state index in [1.54, 1.807) is 6.33 Å². The number of nitrogens with zero attached hydrogens (tertiary/aromatic N) is 4. The molecule has 2 aliphatic heterocycles. The van der Waals surface area contributed by atoms with Crippen LogP contribution >= 0.6 is 0 Å². The summed E-state index contributed by atoms with van der Waals surface area (Å²) in [6, 6.07) is 2.47. The van der Waals surface area contributed by atoms with Crippen molar-refractivity contribution >= 4 is 16.9 Å². The zero-order valence-corrected chi connectivity index (χ0v) is 10.7. The van der Waals surface area contributed by atoms with Crippen LogP contribution in [0, 0.1) is 0 Å². The monoisotopic (exact) mass is 259 g/mol. The smallest absolute Gasteiger partial charge is 0.156 e. The van der Waals surface area contributed by atoms with Gasteiger partial charge in [-0.05, 0) is 6.07 Å². The minimum atomic E-state index is 0.488. The topological polar surface area (TPSA) is 57.3 Å². The molecule has 1 unspecified atom stereocenters. The largest absolute Gasteiger partial charge is 0.378 e. The maximum atomic E-state index is 5.59. The molecule has 2 saturated heterocycles. The number of H-pyrrole nitrogens is 1. The van der Waals surface area contributed by atoms with Crippen LogP contribution in [-0.4, -0.2) is 65.3 Å². The van der Waals surface area contributed by atoms with Crippen LogP contribution in [0.5, 0.6) is 0 Å². The number of piperazine rings is 1. The van der Waals surface area contributed by atoms with Gasteiger partial charge in [0.25, 0.3) is 0 Å². The number of rotatable bonds is 1. The summed E-state index contributed by atoms with van der Waals surface area (Å²) in [7, 11) is 0. The Kier molecular flexibility index (Phi) is 2.63. The number of aromatic nitrogens is 3. The van der Waals surface area contributed by atoms with Crippen molar-refractivity contribution in [2.75, 3.05) is 44.3 Å². The van der Waals surface area contributed by atoms with Crippen molar-refractivity contribution in [3.05, 3.63) is 18.6 Å². The molecular weight excluding hydrogens is 242 g/mol. The van der Waals surface area contributed by atoms with Crippen LogP contribution in [0.2, 0.25) is 0 Å². The molecule has 6 nitrogen and oxygen atoms in total. The normalized spacial score (nSPS) is 24.6. The predicted octanol–water partition coefficient (Wildman–Crippen LogP) is 0.479. The zero-order chi connectivity index (χ0) is 12.7. The summed E-state index contributed by atoms with van der Waals surface area (Å²) in [5, 5.41) is 0. The van der Waals surface area contributed by atoms with Crippen LogP contribution < -0.4 is 4.90 Å². The highest BCUT2D eigenvalue weighted by molar-refractivity contribution is 5.85. The standard InChI is InChI=1S/C13H17N5O/c1-2-14-12-11(1)15-9-16-13(12)18-4-3-17-5-6-19-8-10(17)7-18/h1-2,9-10,14H,3-8H2. The number of fused-ring (bicyclic) bond motifs is 2. The van der Waals surface area contributed by atoms with Gasteiger partial charge < -0.3 is 14.6 Å². The van der Waals surface area contributed by atoms with Crippen LogP contribution in [0.15, 0.2) is 18.6 Å². The summed E-state index contributed by atoms with van der Waals surface area (Å²) in [6.45, 7) is 5.83. The molecule has 4 rings (SSSR count). The fourth-order valence-electron chi connectivity index (χ4n) is 3.04. The van der Waals surface area contributed by atoms with Crippen LogP contribution in [-0.2, 0) is 4.74 Å². The number of hydrogen-bond donors (Lipinski definition) is 1. The fourth-order valence-corrected chi connectivity index (χ4v) is 3.04. The third-order valence-corrected chi connectivity index (χ3v) is 4.06. The second-order valence-electron chi connectivity index (χ2n) is 5.15. The Bertz CT molecular complexity index is 583. The van der Waals surface area contributed by atoms with Gasteiger partial charge in [-0.25, -0.2) is 9.97 Å². The third-order valence-electron chi connectivity index (χ3n) is 4.06. The molecule has 0 amide bonds. The SMILES string of the molecule is c1nc(N2CCN3CCOCC3C2)c2[nH]ccc2n1. The van der Waals surface area contributed by atoms with Crippen molar-refractivity contribution in [3.8, 4) is 0 Å². The Labute approximate surface area is 111 Å². The van der Waals surface area contributed by atoms with E-state index in [2.05, 4.69) is 24.8 Å². The summed E-state index contributed by atoms with van der Waals surface area (Å²) in [6.07, 6.45) is 3.57. The lowest BCUT2D eigenvalue weighted by atomic mass is 10.1. The first-order valence-corrected chi connectivity index (χ1v) is 6.76. The molecule has 0 aromatic carbocycles. The number of hydrogen-bond acceptors (Lipinski definition) is 5. The number of anilines is 1. The molecule has 100 valence electrons. The van der Waals surface area contributed by atoms with Crippen LogP contribution in [0.4, 0.5) is 5.82 Å². The van der Waals surface area contributed by atoms with Gasteiger partial charge >= 0.3 is 0 Å². The number of morpholine rings is 1. The van der Waals surface area contributed by atoms with Gasteiger partial charge in [0, 0.05) is 32.4 Å². The predicted molar refractivity (Wildman–Crippen MR) is 72.3 cm³/mol. The summed E-state index contributed by atoms with van der Waals surface area (Å²) in [4.78, 5) is 16.8. The van der Waals surface area contributed by atoms with E-state index in [-0.39, 0.29) is 0 Å². The molecule has 0 saturated carbocycles. The molecule has 2 aromatic heterocycles. The average Bonchev–Trinajstić information content (AvgIpc) is 2.95. The summed E-state index contributed by atoms with van der Waals surface area (Å²) in [5.74, 6) is 1.01. The average molecular weight is 259 g/mol. The first-order valence-electron chi connectivity index (χ1n) is 6.76. The minimum absolute atomic E-state index is 0.488. The fraction of sp³-hybridized carbons (Fsp3) is 0.538. The van der Waals surface area contributed by atoms with Gasteiger partial charge in [0.2, 0.25) is 0 Å². The lowest BCUT2D eigenvalue weighted by molar-refractivity contribution is -0.0117. The van der Waals surface area contributed by atoms with Crippen molar-refractivity contribution in [1.82, 2.24) is 19.9 Å². The van der Waals surface area contributed by atoms with E-state index in [0.29, 0.717) is 6.04 Å². The molecule has 0 spiro atoms. The molecule has 0 bridgehead atoms. The Morgan fingerprint density at radius 1 is 1.26 bits per heavy atom. The lowest BCUT2D eigenvalue weighted by Crippen LogP contribution is -2.58. The number of ether oxygens (including phenoxy) is 1. The molecular formula is C13H17N5O. The summed E-state index contributed by atoms with van der Waals surface area (Å²) >= 11 is 0. The van der Waals surface area contributed by atoms with E-state index in [9.17, 15) is 0 Å². The van der Waals surface area contributed by atoms with Crippen molar-refractivity contribution in [1.29, 1.82) is 0 Å². The Hall–Kier alpha value is -1.66. The van der Waals surface area contributed by atoms with Gasteiger partial charge in [-0.2, -0.15) is 0 Å². The third kappa shape index (κ3) is 1.87. The second kappa shape index (κ2) is 4.47. The summed E-state index contributed by atoms with van der Waals surface area (Å²) < 4.78 is 5.59. The number of aromatic amines is 1. The second-order valence-corrected chi connectivity index (χ2v) is 5.15. The molecule has 6 heteroatoms. The highest BCUT2D eigenvalue weighted by atomic mass is 16.5. The first kappa shape index (κ1) is 11.2. The van der Waals surface area contributed by atoms with Gasteiger partial charge in [0.1, 0.15) is 11.8 Å². The van der Waals surface area contributed by atoms with E-state index < -0.39 is 0 Å². The van der Waals surface area contributed by atoms with Crippen molar-refractivity contribution in [3.63, 3.8) is 0 Å². The molecule has 2 aromatic rings. The molecule has 1 N–H and O–H groups in total. The van der Waals surface area contributed by atoms with E-state index >= 15 is 0 Å². The molecule has 2 aliphatic rings. The van der Waals surface area contributed by atoms with Crippen molar-refractivity contribution in [2.45, 2.75) is 6.04 Å². The van der Waals surface area contributed by atoms with E-state index in [4.69, 9.17) is 4.74 Å². The molecule has 1 atom stereocenters. The van der Waals surface area contributed by atoms with Gasteiger partial charge in [0.05, 0.1) is 24.8 Å². The highest BCUT2D eigenvalue weighted by Crippen LogP contribution is 2.24. The Balaban J connectivity index is 1.64. The maximum Gasteiger partial charge on any atom is 0.156 e. The van der Waals surface area contributed by atoms with E-state index in [1.807, 2.05) is 12.3 Å². The molecule has 2 fully saturated rings. The number of nitrogens with one attached hydrogen (secondary N) is 1. The Morgan fingerprint density at radius 3 is 3.26 bits per heavy atom. The van der Waals surface area contributed by atoms with E-state index in [1.165, 1.54) is 0 Å². The Morgan fingerprint density at radius 2 is 2.26 bits per heavy atom. The minimum Gasteiger partial charge on any atom is -0.378 e. The quantitative estimate of drug-likeness (QED) is 0.807. The molecule has 19 heavy (non-hydrogen) atoms. The summed E-state index contributed by atoms with van der Waals surface area (Å²) in [5.41, 5.74) is 2.01. The maximum absolute atomic E-state index is 5.59. The van der Waals surface area contributed by atoms with Crippen molar-refractivity contribution in [2.24, 2.45) is 0 Å². The molecule has 4 heterocycles. The van der Waals surface area contributed by atoms with Gasteiger partial charge in [-0.1, -0.05) is 0 Å². The molecule has 0 radical (unpaired) electrons. The highest BCUT2D eigenvalue weighted by Gasteiger charge is 2.30. The van der Waals surface area contributed by atoms with Gasteiger partial charge in [-0.15, -0.1) is 0 Å².